The Hall–Kier alpha value is -1.39. The van der Waals surface area contributed by atoms with Crippen LogP contribution in [0.15, 0.2) is 30.5 Å². The molecule has 3 nitrogen and oxygen atoms in total. The maximum absolute atomic E-state index is 13.0. The van der Waals surface area contributed by atoms with Crippen molar-refractivity contribution in [3.8, 4) is 0 Å². The molecule has 5 heteroatoms. The summed E-state index contributed by atoms with van der Waals surface area (Å²) in [5.41, 5.74) is 2.05. The number of aryl methyl sites for hydroxylation is 1. The van der Waals surface area contributed by atoms with E-state index in [-0.39, 0.29) is 11.9 Å². The minimum Gasteiger partial charge on any atom is -0.309 e. The molecule has 0 amide bonds. The average molecular weight is 296 g/mol. The number of likely N-dealkylation sites (N-methyl/N-ethyl adjacent to an activating group) is 1. The predicted octanol–water partition coefficient (Wildman–Crippen LogP) is 3.59. The van der Waals surface area contributed by atoms with Crippen LogP contribution >= 0.6 is 11.6 Å². The quantitative estimate of drug-likeness (QED) is 0.882. The van der Waals surface area contributed by atoms with E-state index in [1.807, 2.05) is 11.6 Å². The highest BCUT2D eigenvalue weighted by Crippen LogP contribution is 2.26. The van der Waals surface area contributed by atoms with E-state index < -0.39 is 0 Å². The first-order valence-electron chi connectivity index (χ1n) is 6.84. The van der Waals surface area contributed by atoms with Crippen molar-refractivity contribution in [1.82, 2.24) is 15.1 Å². The Labute approximate surface area is 123 Å². The van der Waals surface area contributed by atoms with E-state index in [4.69, 9.17) is 11.6 Å². The Kier molecular flexibility index (Phi) is 5.15. The van der Waals surface area contributed by atoms with Gasteiger partial charge in [-0.05, 0) is 37.6 Å². The van der Waals surface area contributed by atoms with Crippen LogP contribution in [0.1, 0.15) is 31.1 Å². The summed E-state index contributed by atoms with van der Waals surface area (Å²) >= 11 is 6.26. The summed E-state index contributed by atoms with van der Waals surface area (Å²) in [6, 6.07) is 6.65. The lowest BCUT2D eigenvalue weighted by molar-refractivity contribution is 0.490. The standard InChI is InChI=1S/C15H19ClFN3/c1-3-18-14(9-11-5-7-12(17)8-6-11)15-13(16)10-19-20(15)4-2/h5-8,10,14,18H,3-4,9H2,1-2H3. The van der Waals surface area contributed by atoms with E-state index in [1.165, 1.54) is 12.1 Å². The summed E-state index contributed by atoms with van der Waals surface area (Å²) in [4.78, 5) is 0. The number of benzene rings is 1. The highest BCUT2D eigenvalue weighted by atomic mass is 35.5. The molecule has 20 heavy (non-hydrogen) atoms. The molecular formula is C15H19ClFN3. The Morgan fingerprint density at radius 3 is 2.60 bits per heavy atom. The molecule has 0 spiro atoms. The second-order valence-corrected chi connectivity index (χ2v) is 5.04. The van der Waals surface area contributed by atoms with Gasteiger partial charge in [-0.1, -0.05) is 30.7 Å². The van der Waals surface area contributed by atoms with Crippen molar-refractivity contribution in [1.29, 1.82) is 0 Å². The van der Waals surface area contributed by atoms with Crippen molar-refractivity contribution in [3.63, 3.8) is 0 Å². The summed E-state index contributed by atoms with van der Waals surface area (Å²) in [6.45, 7) is 5.69. The molecule has 1 N–H and O–H groups in total. The molecule has 1 aromatic carbocycles. The average Bonchev–Trinajstić information content (AvgIpc) is 2.82. The third-order valence-electron chi connectivity index (χ3n) is 3.27. The van der Waals surface area contributed by atoms with Gasteiger partial charge in [0.05, 0.1) is 23.0 Å². The lowest BCUT2D eigenvalue weighted by Crippen LogP contribution is -2.26. The van der Waals surface area contributed by atoms with Crippen LogP contribution in [0.25, 0.3) is 0 Å². The molecule has 108 valence electrons. The van der Waals surface area contributed by atoms with Crippen LogP contribution in [0.5, 0.6) is 0 Å². The van der Waals surface area contributed by atoms with Crippen molar-refractivity contribution in [2.75, 3.05) is 6.54 Å². The zero-order chi connectivity index (χ0) is 14.5. The second kappa shape index (κ2) is 6.86. The molecule has 0 saturated carbocycles. The van der Waals surface area contributed by atoms with Gasteiger partial charge in [0.25, 0.3) is 0 Å². The van der Waals surface area contributed by atoms with Gasteiger partial charge in [0, 0.05) is 6.54 Å². The molecule has 0 fully saturated rings. The van der Waals surface area contributed by atoms with Crippen molar-refractivity contribution in [2.45, 2.75) is 32.9 Å². The third kappa shape index (κ3) is 3.38. The van der Waals surface area contributed by atoms with Crippen LogP contribution in [0.3, 0.4) is 0 Å². The first kappa shape index (κ1) is 15.0. The summed E-state index contributed by atoms with van der Waals surface area (Å²) in [6.07, 6.45) is 2.43. The third-order valence-corrected chi connectivity index (χ3v) is 3.56. The van der Waals surface area contributed by atoms with Crippen molar-refractivity contribution in [3.05, 3.63) is 52.6 Å². The summed E-state index contributed by atoms with van der Waals surface area (Å²) in [5, 5.41) is 8.37. The van der Waals surface area contributed by atoms with Crippen LogP contribution in [0, 0.1) is 5.82 Å². The molecule has 1 unspecified atom stereocenters. The molecule has 0 aliphatic rings. The van der Waals surface area contributed by atoms with E-state index in [1.54, 1.807) is 18.3 Å². The van der Waals surface area contributed by atoms with Crippen LogP contribution in [-0.4, -0.2) is 16.3 Å². The van der Waals surface area contributed by atoms with Gasteiger partial charge in [-0.3, -0.25) is 4.68 Å². The van der Waals surface area contributed by atoms with Crippen molar-refractivity contribution in [2.24, 2.45) is 0 Å². The van der Waals surface area contributed by atoms with Crippen LogP contribution in [0.4, 0.5) is 4.39 Å². The lowest BCUT2D eigenvalue weighted by atomic mass is 10.0. The van der Waals surface area contributed by atoms with Gasteiger partial charge >= 0.3 is 0 Å². The topological polar surface area (TPSA) is 29.9 Å². The second-order valence-electron chi connectivity index (χ2n) is 4.63. The Morgan fingerprint density at radius 1 is 1.30 bits per heavy atom. The highest BCUT2D eigenvalue weighted by molar-refractivity contribution is 6.31. The maximum atomic E-state index is 13.0. The molecule has 1 atom stereocenters. The van der Waals surface area contributed by atoms with E-state index in [2.05, 4.69) is 17.3 Å². The zero-order valence-corrected chi connectivity index (χ0v) is 12.5. The number of rotatable bonds is 6. The van der Waals surface area contributed by atoms with E-state index in [0.29, 0.717) is 5.02 Å². The lowest BCUT2D eigenvalue weighted by Gasteiger charge is -2.20. The largest absolute Gasteiger partial charge is 0.309 e. The van der Waals surface area contributed by atoms with Crippen LogP contribution in [-0.2, 0) is 13.0 Å². The molecular weight excluding hydrogens is 277 g/mol. The van der Waals surface area contributed by atoms with Crippen molar-refractivity contribution < 1.29 is 4.39 Å². The van der Waals surface area contributed by atoms with Gasteiger partial charge in [-0.2, -0.15) is 5.10 Å². The molecule has 1 aromatic heterocycles. The van der Waals surface area contributed by atoms with Gasteiger partial charge in [0.15, 0.2) is 0 Å². The number of aromatic nitrogens is 2. The van der Waals surface area contributed by atoms with Gasteiger partial charge in [0.1, 0.15) is 5.82 Å². The molecule has 0 saturated heterocycles. The fourth-order valence-electron chi connectivity index (χ4n) is 2.34. The van der Waals surface area contributed by atoms with E-state index >= 15 is 0 Å². The van der Waals surface area contributed by atoms with Gasteiger partial charge in [-0.25, -0.2) is 4.39 Å². The summed E-state index contributed by atoms with van der Waals surface area (Å²) < 4.78 is 14.9. The fourth-order valence-corrected chi connectivity index (χ4v) is 2.61. The van der Waals surface area contributed by atoms with Gasteiger partial charge in [0.2, 0.25) is 0 Å². The number of nitrogens with zero attached hydrogens (tertiary/aromatic N) is 2. The van der Waals surface area contributed by atoms with Crippen LogP contribution < -0.4 is 5.32 Å². The molecule has 0 bridgehead atoms. The molecule has 0 radical (unpaired) electrons. The maximum Gasteiger partial charge on any atom is 0.123 e. The fraction of sp³-hybridized carbons (Fsp3) is 0.400. The minimum atomic E-state index is -0.217. The van der Waals surface area contributed by atoms with Crippen LogP contribution in [0.2, 0.25) is 5.02 Å². The molecule has 1 heterocycles. The van der Waals surface area contributed by atoms with Gasteiger partial charge in [-0.15, -0.1) is 0 Å². The number of halogens is 2. The number of hydrogen-bond donors (Lipinski definition) is 1. The zero-order valence-electron chi connectivity index (χ0n) is 11.7. The Morgan fingerprint density at radius 2 is 2.00 bits per heavy atom. The normalized spacial score (nSPS) is 12.6. The number of hydrogen-bond acceptors (Lipinski definition) is 2. The summed E-state index contributed by atoms with van der Waals surface area (Å²) in [7, 11) is 0. The molecule has 0 aliphatic heterocycles. The smallest absolute Gasteiger partial charge is 0.123 e. The van der Waals surface area contributed by atoms with Gasteiger partial charge < -0.3 is 5.32 Å². The first-order chi connectivity index (χ1) is 9.65. The van der Waals surface area contributed by atoms with E-state index in [0.717, 1.165) is 30.8 Å². The minimum absolute atomic E-state index is 0.0698. The monoisotopic (exact) mass is 295 g/mol. The van der Waals surface area contributed by atoms with E-state index in [9.17, 15) is 4.39 Å². The predicted molar refractivity (Wildman–Crippen MR) is 79.4 cm³/mol. The Bertz CT molecular complexity index is 551. The molecule has 0 aliphatic carbocycles. The summed E-state index contributed by atoms with van der Waals surface area (Å²) in [5.74, 6) is -0.217. The SMILES string of the molecule is CCNC(Cc1ccc(F)cc1)c1c(Cl)cnn1CC. The molecule has 2 aromatic rings. The number of nitrogens with one attached hydrogen (secondary N) is 1. The van der Waals surface area contributed by atoms with Crippen molar-refractivity contribution >= 4 is 11.6 Å². The Balaban J connectivity index is 2.26. The molecule has 2 rings (SSSR count). The first-order valence-corrected chi connectivity index (χ1v) is 7.22. The highest BCUT2D eigenvalue weighted by Gasteiger charge is 2.19.